The van der Waals surface area contributed by atoms with Crippen molar-refractivity contribution in [1.82, 2.24) is 9.78 Å². The smallest absolute Gasteiger partial charge is 0.123 e. The minimum atomic E-state index is 0.491. The van der Waals surface area contributed by atoms with Crippen LogP contribution in [0.15, 0.2) is 18.2 Å². The molecular weight excluding hydrogens is 250 g/mol. The summed E-state index contributed by atoms with van der Waals surface area (Å²) in [5, 5.41) is 4.49. The molecule has 0 spiro atoms. The summed E-state index contributed by atoms with van der Waals surface area (Å²) in [6.45, 7) is 8.97. The first kappa shape index (κ1) is 14.4. The zero-order valence-corrected chi connectivity index (χ0v) is 12.9. The highest BCUT2D eigenvalue weighted by molar-refractivity contribution is 5.47. The van der Waals surface area contributed by atoms with Crippen molar-refractivity contribution in [3.63, 3.8) is 0 Å². The van der Waals surface area contributed by atoms with Crippen LogP contribution >= 0.6 is 0 Å². The summed E-state index contributed by atoms with van der Waals surface area (Å²) in [6, 6.07) is 6.33. The second-order valence-electron chi connectivity index (χ2n) is 5.47. The molecular formula is C16H23N3O. The maximum Gasteiger partial charge on any atom is 0.123 e. The second-order valence-corrected chi connectivity index (χ2v) is 5.47. The molecule has 2 aromatic rings. The van der Waals surface area contributed by atoms with Crippen LogP contribution in [-0.2, 0) is 6.54 Å². The maximum atomic E-state index is 5.99. The molecule has 0 radical (unpaired) electrons. The molecule has 0 aliphatic rings. The van der Waals surface area contributed by atoms with Crippen LogP contribution in [-0.4, -0.2) is 16.9 Å². The predicted octanol–water partition coefficient (Wildman–Crippen LogP) is 3.26. The summed E-state index contributed by atoms with van der Waals surface area (Å²) in [5.74, 6) is 1.38. The van der Waals surface area contributed by atoms with E-state index in [4.69, 9.17) is 10.5 Å². The van der Waals surface area contributed by atoms with Gasteiger partial charge in [-0.15, -0.1) is 0 Å². The highest BCUT2D eigenvalue weighted by Gasteiger charge is 2.12. The van der Waals surface area contributed by atoms with Gasteiger partial charge in [-0.3, -0.25) is 4.68 Å². The number of benzene rings is 1. The van der Waals surface area contributed by atoms with Crippen molar-refractivity contribution in [3.8, 4) is 5.75 Å². The Hall–Kier alpha value is -1.97. The number of hydrogen-bond acceptors (Lipinski definition) is 3. The fraction of sp³-hybridized carbons (Fsp3) is 0.438. The number of aryl methyl sites for hydroxylation is 1. The van der Waals surface area contributed by atoms with Crippen molar-refractivity contribution in [2.75, 3.05) is 12.8 Å². The Balaban J connectivity index is 2.40. The topological polar surface area (TPSA) is 53.1 Å². The quantitative estimate of drug-likeness (QED) is 0.930. The normalized spacial score (nSPS) is 11.1. The van der Waals surface area contributed by atoms with Gasteiger partial charge in [0, 0.05) is 5.56 Å². The molecule has 0 aliphatic heterocycles. The molecule has 0 fully saturated rings. The minimum absolute atomic E-state index is 0.491. The lowest BCUT2D eigenvalue weighted by atomic mass is 10.00. The summed E-state index contributed by atoms with van der Waals surface area (Å²) in [5.41, 5.74) is 11.1. The highest BCUT2D eigenvalue weighted by Crippen LogP contribution is 2.26. The standard InChI is InChI=1S/C16H23N3O/c1-10(2)13-6-7-15(20-5)14(8-13)9-19-12(4)16(17)11(3)18-19/h6-8,10H,9,17H2,1-5H3. The molecule has 0 atom stereocenters. The molecule has 0 saturated carbocycles. The van der Waals surface area contributed by atoms with Crippen molar-refractivity contribution in [2.24, 2.45) is 0 Å². The average Bonchev–Trinajstić information content (AvgIpc) is 2.66. The second kappa shape index (κ2) is 5.57. The van der Waals surface area contributed by atoms with Crippen LogP contribution < -0.4 is 10.5 Å². The van der Waals surface area contributed by atoms with E-state index in [0.29, 0.717) is 12.5 Å². The van der Waals surface area contributed by atoms with Gasteiger partial charge in [0.1, 0.15) is 5.75 Å². The van der Waals surface area contributed by atoms with Crippen molar-refractivity contribution in [2.45, 2.75) is 40.2 Å². The van der Waals surface area contributed by atoms with E-state index in [2.05, 4.69) is 31.1 Å². The van der Waals surface area contributed by atoms with Crippen LogP contribution in [0.25, 0.3) is 0 Å². The van der Waals surface area contributed by atoms with Gasteiger partial charge in [-0.05, 0) is 37.5 Å². The predicted molar refractivity (Wildman–Crippen MR) is 82.3 cm³/mol. The van der Waals surface area contributed by atoms with Gasteiger partial charge in [0.15, 0.2) is 0 Å². The summed E-state index contributed by atoms with van der Waals surface area (Å²) >= 11 is 0. The van der Waals surface area contributed by atoms with Crippen molar-refractivity contribution in [1.29, 1.82) is 0 Å². The van der Waals surface area contributed by atoms with E-state index >= 15 is 0 Å². The Morgan fingerprint density at radius 2 is 2.00 bits per heavy atom. The van der Waals surface area contributed by atoms with Gasteiger partial charge in [0.25, 0.3) is 0 Å². The number of rotatable bonds is 4. The largest absolute Gasteiger partial charge is 0.496 e. The van der Waals surface area contributed by atoms with Gasteiger partial charge in [-0.25, -0.2) is 0 Å². The molecule has 108 valence electrons. The van der Waals surface area contributed by atoms with Crippen LogP contribution in [0.3, 0.4) is 0 Å². The van der Waals surface area contributed by atoms with E-state index in [0.717, 1.165) is 28.4 Å². The molecule has 0 amide bonds. The van der Waals surface area contributed by atoms with Gasteiger partial charge >= 0.3 is 0 Å². The van der Waals surface area contributed by atoms with E-state index in [1.165, 1.54) is 5.56 Å². The molecule has 0 bridgehead atoms. The Morgan fingerprint density at radius 3 is 2.50 bits per heavy atom. The van der Waals surface area contributed by atoms with E-state index in [1.54, 1.807) is 7.11 Å². The molecule has 4 heteroatoms. The first-order valence-electron chi connectivity index (χ1n) is 6.90. The summed E-state index contributed by atoms with van der Waals surface area (Å²) in [6.07, 6.45) is 0. The number of hydrogen-bond donors (Lipinski definition) is 1. The molecule has 4 nitrogen and oxygen atoms in total. The molecule has 0 unspecified atom stereocenters. The van der Waals surface area contributed by atoms with Crippen molar-refractivity contribution >= 4 is 5.69 Å². The zero-order valence-electron chi connectivity index (χ0n) is 12.9. The third-order valence-electron chi connectivity index (χ3n) is 3.73. The molecule has 2 rings (SSSR count). The Labute approximate surface area is 120 Å². The van der Waals surface area contributed by atoms with Crippen molar-refractivity contribution < 1.29 is 4.74 Å². The number of nitrogen functional groups attached to an aromatic ring is 1. The van der Waals surface area contributed by atoms with Crippen LogP contribution in [0.2, 0.25) is 0 Å². The van der Waals surface area contributed by atoms with Crippen LogP contribution in [0, 0.1) is 13.8 Å². The zero-order chi connectivity index (χ0) is 14.9. The fourth-order valence-electron chi connectivity index (χ4n) is 2.31. The molecule has 0 saturated heterocycles. The first-order valence-corrected chi connectivity index (χ1v) is 6.90. The number of nitrogens with two attached hydrogens (primary N) is 1. The first-order chi connectivity index (χ1) is 9.43. The van der Waals surface area contributed by atoms with Gasteiger partial charge in [-0.1, -0.05) is 19.9 Å². The van der Waals surface area contributed by atoms with Crippen LogP contribution in [0.5, 0.6) is 5.75 Å². The number of aromatic nitrogens is 2. The Bertz CT molecular complexity index is 614. The third kappa shape index (κ3) is 2.64. The van der Waals surface area contributed by atoms with Gasteiger partial charge in [-0.2, -0.15) is 5.10 Å². The molecule has 0 aliphatic carbocycles. The fourth-order valence-corrected chi connectivity index (χ4v) is 2.31. The lowest BCUT2D eigenvalue weighted by molar-refractivity contribution is 0.406. The molecule has 1 aromatic carbocycles. The van der Waals surface area contributed by atoms with Gasteiger partial charge < -0.3 is 10.5 Å². The molecule has 2 N–H and O–H groups in total. The van der Waals surface area contributed by atoms with E-state index < -0.39 is 0 Å². The highest BCUT2D eigenvalue weighted by atomic mass is 16.5. The Kier molecular flexibility index (Phi) is 4.02. The van der Waals surface area contributed by atoms with E-state index in [1.807, 2.05) is 24.6 Å². The van der Waals surface area contributed by atoms with Gasteiger partial charge in [0.2, 0.25) is 0 Å². The number of methoxy groups -OCH3 is 1. The SMILES string of the molecule is COc1ccc(C(C)C)cc1Cn1nc(C)c(N)c1C. The summed E-state index contributed by atoms with van der Waals surface area (Å²) in [7, 11) is 1.70. The lowest BCUT2D eigenvalue weighted by Crippen LogP contribution is -2.06. The average molecular weight is 273 g/mol. The van der Waals surface area contributed by atoms with Gasteiger partial charge in [0.05, 0.1) is 30.7 Å². The third-order valence-corrected chi connectivity index (χ3v) is 3.73. The van der Waals surface area contributed by atoms with E-state index in [-0.39, 0.29) is 0 Å². The summed E-state index contributed by atoms with van der Waals surface area (Å²) in [4.78, 5) is 0. The molecule has 1 aromatic heterocycles. The van der Waals surface area contributed by atoms with Crippen molar-refractivity contribution in [3.05, 3.63) is 40.7 Å². The maximum absolute atomic E-state index is 5.99. The number of nitrogens with zero attached hydrogens (tertiary/aromatic N) is 2. The number of ether oxygens (including phenoxy) is 1. The van der Waals surface area contributed by atoms with Crippen LogP contribution in [0.4, 0.5) is 5.69 Å². The molecule has 1 heterocycles. The number of anilines is 1. The minimum Gasteiger partial charge on any atom is -0.496 e. The van der Waals surface area contributed by atoms with Crippen LogP contribution in [0.1, 0.15) is 42.3 Å². The van der Waals surface area contributed by atoms with E-state index in [9.17, 15) is 0 Å². The lowest BCUT2D eigenvalue weighted by Gasteiger charge is -2.13. The summed E-state index contributed by atoms with van der Waals surface area (Å²) < 4.78 is 7.39. The monoisotopic (exact) mass is 273 g/mol. The molecule has 20 heavy (non-hydrogen) atoms. The Morgan fingerprint density at radius 1 is 1.30 bits per heavy atom.